The molecule has 0 amide bonds. The number of hydrogen-bond acceptors (Lipinski definition) is 10. The molecule has 4 aromatic rings. The van der Waals surface area contributed by atoms with Crippen LogP contribution in [-0.2, 0) is 33.3 Å². The molecule has 0 fully saturated rings. The van der Waals surface area contributed by atoms with Crippen molar-refractivity contribution in [2.45, 2.75) is 204 Å². The number of unbranched alkanes of at least 4 members (excludes halogenated alkanes) is 22. The Hall–Kier alpha value is -2.84. The molecule has 0 saturated heterocycles. The van der Waals surface area contributed by atoms with Crippen LogP contribution in [0.2, 0.25) is 0 Å². The zero-order valence-electron chi connectivity index (χ0n) is 42.1. The van der Waals surface area contributed by atoms with Gasteiger partial charge in [0, 0.05) is 25.9 Å². The van der Waals surface area contributed by atoms with Crippen LogP contribution in [0.1, 0.15) is 192 Å². The van der Waals surface area contributed by atoms with Crippen LogP contribution >= 0.6 is 0 Å². The van der Waals surface area contributed by atoms with E-state index in [0.717, 1.165) is 48.2 Å². The Kier molecular flexibility index (Phi) is 26.3. The van der Waals surface area contributed by atoms with E-state index in [2.05, 4.69) is 24.5 Å². The maximum absolute atomic E-state index is 12.7. The normalized spacial score (nSPS) is 17.3. The molecule has 2 atom stereocenters. The van der Waals surface area contributed by atoms with Gasteiger partial charge in [0.05, 0.1) is 22.7 Å². The van der Waals surface area contributed by atoms with Crippen LogP contribution < -0.4 is 20.4 Å². The van der Waals surface area contributed by atoms with Crippen molar-refractivity contribution in [2.24, 2.45) is 0 Å². The van der Waals surface area contributed by atoms with E-state index in [1.54, 1.807) is 9.80 Å². The molecule has 2 aliphatic heterocycles. The number of nitrogens with zero attached hydrogens (tertiary/aromatic N) is 2. The molecule has 6 rings (SSSR count). The Bertz CT molecular complexity index is 2100. The molecule has 0 bridgehead atoms. The van der Waals surface area contributed by atoms with E-state index in [4.69, 9.17) is 0 Å². The Labute approximate surface area is 447 Å². The van der Waals surface area contributed by atoms with Crippen molar-refractivity contribution in [3.63, 3.8) is 0 Å². The Morgan fingerprint density at radius 1 is 0.391 bits per heavy atom. The Morgan fingerprint density at radius 3 is 0.942 bits per heavy atom. The first kappa shape index (κ1) is 58.7. The number of anilines is 4. The summed E-state index contributed by atoms with van der Waals surface area (Å²) in [6.45, 7) is 5.22. The van der Waals surface area contributed by atoms with Crippen molar-refractivity contribution in [1.29, 1.82) is 0 Å². The van der Waals surface area contributed by atoms with E-state index >= 15 is 0 Å². The maximum Gasteiger partial charge on any atom is 2.00 e. The molecule has 0 saturated carbocycles. The fourth-order valence-corrected chi connectivity index (χ4v) is 12.1. The molecule has 0 aromatic heterocycles. The van der Waals surface area contributed by atoms with Gasteiger partial charge in [0.2, 0.25) is 9.99 Å². The molecule has 0 radical (unpaired) electrons. The third kappa shape index (κ3) is 17.7. The first-order chi connectivity index (χ1) is 33.0. The number of rotatable bonds is 32. The first-order valence-corrected chi connectivity index (χ1v) is 29.1. The second-order valence-corrected chi connectivity index (χ2v) is 22.4. The summed E-state index contributed by atoms with van der Waals surface area (Å²) >= 11 is 0. The summed E-state index contributed by atoms with van der Waals surface area (Å²) in [7, 11) is -9.30. The largest absolute Gasteiger partial charge is 2.00 e. The second kappa shape index (κ2) is 30.9. The smallest absolute Gasteiger partial charge is 0.745 e. The molecule has 2 N–H and O–H groups in total. The van der Waals surface area contributed by atoms with Crippen molar-refractivity contribution in [2.75, 3.05) is 20.4 Å². The van der Waals surface area contributed by atoms with Crippen LogP contribution in [0.4, 0.5) is 22.7 Å². The monoisotopic (exact) mass is 1010 g/mol. The summed E-state index contributed by atoms with van der Waals surface area (Å²) in [6.07, 6.45) is 29.4. The third-order valence-corrected chi connectivity index (χ3v) is 16.6. The van der Waals surface area contributed by atoms with E-state index in [-0.39, 0.29) is 50.6 Å². The van der Waals surface area contributed by atoms with Crippen molar-refractivity contribution in [3.05, 3.63) is 120 Å². The summed E-state index contributed by atoms with van der Waals surface area (Å²) < 4.78 is 76.2. The zero-order valence-corrected chi connectivity index (χ0v) is 45.9. The fourth-order valence-electron chi connectivity index (χ4n) is 9.98. The molecule has 2 unspecified atom stereocenters. The van der Waals surface area contributed by atoms with Gasteiger partial charge >= 0.3 is 37.7 Å². The predicted octanol–water partition coefficient (Wildman–Crippen LogP) is 14.4. The Balaban J connectivity index is 0.000000296. The van der Waals surface area contributed by atoms with Crippen LogP contribution in [0, 0.1) is 0 Å². The molecule has 2 heterocycles. The van der Waals surface area contributed by atoms with Gasteiger partial charge in [-0.15, -0.1) is 0 Å². The average Bonchev–Trinajstić information content (AvgIpc) is 3.83. The summed E-state index contributed by atoms with van der Waals surface area (Å²) in [5.41, 5.74) is 4.90. The van der Waals surface area contributed by atoms with Crippen LogP contribution in [0.3, 0.4) is 0 Å². The number of para-hydroxylation sites is 4. The maximum atomic E-state index is 12.7. The van der Waals surface area contributed by atoms with Gasteiger partial charge in [0.15, 0.2) is 0 Å². The predicted molar refractivity (Wildman–Crippen MR) is 287 cm³/mol. The number of benzene rings is 4. The number of fused-ring (bicyclic) bond motifs is 2. The van der Waals surface area contributed by atoms with E-state index in [1.807, 2.05) is 109 Å². The van der Waals surface area contributed by atoms with E-state index in [1.165, 1.54) is 116 Å². The molecule has 10 nitrogen and oxygen atoms in total. The number of hydrogen-bond donors (Lipinski definition) is 2. The quantitative estimate of drug-likeness (QED) is 0.0275. The van der Waals surface area contributed by atoms with Gasteiger partial charge in [0.1, 0.15) is 20.2 Å². The standard InChI is InChI=1S/2C28H42N2O3S.Ca/c2*1-2-3-4-5-6-7-8-9-10-11-12-18-23-28(34(31,32)33)29-26-21-16-17-22-27(26)30(28)24-25-19-14-13-15-20-25;/h2*13-17,19-22,29H,2-12,18,23-24H2,1H3,(H,31,32,33);/q;;+2/p-2. The van der Waals surface area contributed by atoms with Gasteiger partial charge in [-0.05, 0) is 48.2 Å². The molecule has 13 heteroatoms. The molecular weight excluding hydrogens is 929 g/mol. The van der Waals surface area contributed by atoms with Crippen LogP contribution in [0.15, 0.2) is 109 Å². The minimum absolute atomic E-state index is 0. The van der Waals surface area contributed by atoms with Crippen molar-refractivity contribution >= 4 is 80.7 Å². The van der Waals surface area contributed by atoms with E-state index in [0.29, 0.717) is 37.3 Å². The SMILES string of the molecule is CCCCCCCCCCCCCCC1(S(=O)(=O)[O-])Nc2ccccc2N1Cc1ccccc1.CCCCCCCCCCCCCCC1(S(=O)(=O)[O-])Nc2ccccc2N1Cc1ccccc1.[Ca+2]. The topological polar surface area (TPSA) is 145 Å². The minimum Gasteiger partial charge on any atom is -0.745 e. The summed E-state index contributed by atoms with van der Waals surface area (Å²) in [5, 5.41) is 6.25. The molecule has 0 aliphatic carbocycles. The van der Waals surface area contributed by atoms with Gasteiger partial charge in [-0.1, -0.05) is 240 Å². The van der Waals surface area contributed by atoms with Crippen molar-refractivity contribution in [3.8, 4) is 0 Å². The third-order valence-electron chi connectivity index (χ3n) is 13.9. The summed E-state index contributed by atoms with van der Waals surface area (Å²) in [6, 6.07) is 34.4. The van der Waals surface area contributed by atoms with E-state index < -0.39 is 30.2 Å². The van der Waals surface area contributed by atoms with Crippen LogP contribution in [0.5, 0.6) is 0 Å². The van der Waals surface area contributed by atoms with Gasteiger partial charge in [-0.25, -0.2) is 16.8 Å². The van der Waals surface area contributed by atoms with Gasteiger partial charge in [-0.2, -0.15) is 0 Å². The van der Waals surface area contributed by atoms with Crippen molar-refractivity contribution < 1.29 is 25.9 Å². The average molecular weight is 1010 g/mol. The van der Waals surface area contributed by atoms with E-state index in [9.17, 15) is 25.9 Å². The molecule has 0 spiro atoms. The number of nitrogens with one attached hydrogen (secondary N) is 2. The van der Waals surface area contributed by atoms with Gasteiger partial charge in [-0.3, -0.25) is 0 Å². The van der Waals surface area contributed by atoms with Gasteiger partial charge in [0.25, 0.3) is 0 Å². The molecule has 376 valence electrons. The molecule has 69 heavy (non-hydrogen) atoms. The van der Waals surface area contributed by atoms with Gasteiger partial charge < -0.3 is 29.5 Å². The fraction of sp³-hybridized carbons (Fsp3) is 0.571. The minimum atomic E-state index is -4.65. The first-order valence-electron chi connectivity index (χ1n) is 26.2. The zero-order chi connectivity index (χ0) is 48.6. The van der Waals surface area contributed by atoms with Crippen LogP contribution in [-0.4, -0.2) is 73.7 Å². The summed E-state index contributed by atoms with van der Waals surface area (Å²) in [5.74, 6) is 0. The van der Waals surface area contributed by atoms with Crippen molar-refractivity contribution in [1.82, 2.24) is 0 Å². The molecular formula is C56H82CaN4O6S2. The van der Waals surface area contributed by atoms with Crippen LogP contribution in [0.25, 0.3) is 0 Å². The molecule has 4 aromatic carbocycles. The second-order valence-electron chi connectivity index (χ2n) is 19.2. The Morgan fingerprint density at radius 2 is 0.652 bits per heavy atom. The molecule has 2 aliphatic rings. The summed E-state index contributed by atoms with van der Waals surface area (Å²) in [4.78, 5) is 0.229.